The molecular weight excluding hydrogens is 295 g/mol. The van der Waals surface area contributed by atoms with Crippen LogP contribution in [0.4, 0.5) is 18.9 Å². The topological polar surface area (TPSA) is 53.5 Å². The van der Waals surface area contributed by atoms with E-state index in [-0.39, 0.29) is 0 Å². The number of rotatable bonds is 2. The van der Waals surface area contributed by atoms with E-state index in [1.54, 1.807) is 0 Å². The second-order valence-corrected chi connectivity index (χ2v) is 6.53. The summed E-state index contributed by atoms with van der Waals surface area (Å²) < 4.78 is 61.2. The second-order valence-electron chi connectivity index (χ2n) is 4.55. The van der Waals surface area contributed by atoms with Crippen LogP contribution >= 0.6 is 0 Å². The lowest BCUT2D eigenvalue weighted by Crippen LogP contribution is -2.48. The molecule has 1 saturated heterocycles. The van der Waals surface area contributed by atoms with Gasteiger partial charge in [-0.1, -0.05) is 0 Å². The number of aromatic nitrogens is 1. The van der Waals surface area contributed by atoms with Crippen molar-refractivity contribution in [3.63, 3.8) is 0 Å². The van der Waals surface area contributed by atoms with Gasteiger partial charge >= 0.3 is 6.18 Å². The highest BCUT2D eigenvalue weighted by molar-refractivity contribution is 7.88. The summed E-state index contributed by atoms with van der Waals surface area (Å²) in [7, 11) is -3.22. The van der Waals surface area contributed by atoms with Crippen LogP contribution in [0.5, 0.6) is 0 Å². The van der Waals surface area contributed by atoms with Gasteiger partial charge in [-0.05, 0) is 12.1 Å². The zero-order valence-corrected chi connectivity index (χ0v) is 11.6. The van der Waals surface area contributed by atoms with E-state index in [0.717, 1.165) is 12.3 Å². The summed E-state index contributed by atoms with van der Waals surface area (Å²) in [4.78, 5) is 5.21. The van der Waals surface area contributed by atoms with Crippen LogP contribution in [0.2, 0.25) is 0 Å². The molecule has 112 valence electrons. The minimum atomic E-state index is -4.45. The first-order chi connectivity index (χ1) is 9.18. The zero-order chi connectivity index (χ0) is 15.0. The van der Waals surface area contributed by atoms with Gasteiger partial charge in [-0.2, -0.15) is 17.5 Å². The lowest BCUT2D eigenvalue weighted by molar-refractivity contribution is -0.141. The minimum Gasteiger partial charge on any atom is -0.368 e. The zero-order valence-electron chi connectivity index (χ0n) is 10.8. The third kappa shape index (κ3) is 3.40. The lowest BCUT2D eigenvalue weighted by Gasteiger charge is -2.34. The van der Waals surface area contributed by atoms with Crippen molar-refractivity contribution in [2.24, 2.45) is 0 Å². The fourth-order valence-corrected chi connectivity index (χ4v) is 2.85. The first kappa shape index (κ1) is 15.0. The van der Waals surface area contributed by atoms with Gasteiger partial charge in [0.1, 0.15) is 5.69 Å². The maximum absolute atomic E-state index is 12.4. The Bertz CT molecular complexity index is 564. The molecule has 20 heavy (non-hydrogen) atoms. The number of anilines is 1. The molecule has 1 fully saturated rings. The number of alkyl halides is 3. The van der Waals surface area contributed by atoms with E-state index in [0.29, 0.717) is 31.9 Å². The van der Waals surface area contributed by atoms with Crippen molar-refractivity contribution >= 4 is 15.7 Å². The standard InChI is InChI=1S/C11H14F3N3O2S/c1-20(18,19)17-6-4-16(5-7-17)9-2-3-10(15-8-9)11(12,13)14/h2-3,8H,4-7H2,1H3. The summed E-state index contributed by atoms with van der Waals surface area (Å²) in [5.41, 5.74) is -0.373. The number of pyridine rings is 1. The molecule has 0 atom stereocenters. The predicted octanol–water partition coefficient (Wildman–Crippen LogP) is 1.18. The molecule has 0 aliphatic carbocycles. The van der Waals surface area contributed by atoms with Gasteiger partial charge < -0.3 is 4.90 Å². The Morgan fingerprint density at radius 2 is 1.75 bits per heavy atom. The monoisotopic (exact) mass is 309 g/mol. The van der Waals surface area contributed by atoms with Crippen molar-refractivity contribution in [1.29, 1.82) is 0 Å². The number of nitrogens with zero attached hydrogens (tertiary/aromatic N) is 3. The molecule has 2 heterocycles. The van der Waals surface area contributed by atoms with E-state index in [4.69, 9.17) is 0 Å². The van der Waals surface area contributed by atoms with Crippen LogP contribution in [0.15, 0.2) is 18.3 Å². The molecule has 0 N–H and O–H groups in total. The summed E-state index contributed by atoms with van der Waals surface area (Å²) in [5, 5.41) is 0. The van der Waals surface area contributed by atoms with Gasteiger partial charge in [0.15, 0.2) is 0 Å². The Kier molecular flexibility index (Phi) is 3.92. The summed E-state index contributed by atoms with van der Waals surface area (Å²) in [6.07, 6.45) is -2.14. The van der Waals surface area contributed by atoms with Crippen LogP contribution in [0.1, 0.15) is 5.69 Å². The molecule has 5 nitrogen and oxygen atoms in total. The van der Waals surface area contributed by atoms with Crippen molar-refractivity contribution in [3.05, 3.63) is 24.0 Å². The van der Waals surface area contributed by atoms with E-state index >= 15 is 0 Å². The van der Waals surface area contributed by atoms with Crippen LogP contribution in [0, 0.1) is 0 Å². The van der Waals surface area contributed by atoms with E-state index in [1.807, 2.05) is 4.90 Å². The minimum absolute atomic E-state index is 0.319. The van der Waals surface area contributed by atoms with E-state index in [9.17, 15) is 21.6 Å². The quantitative estimate of drug-likeness (QED) is 0.823. The van der Waals surface area contributed by atoms with Crippen LogP contribution in [-0.2, 0) is 16.2 Å². The van der Waals surface area contributed by atoms with Gasteiger partial charge in [0.2, 0.25) is 10.0 Å². The molecule has 0 unspecified atom stereocenters. The molecule has 0 amide bonds. The number of hydrogen-bond donors (Lipinski definition) is 0. The van der Waals surface area contributed by atoms with Crippen LogP contribution in [0.25, 0.3) is 0 Å². The lowest BCUT2D eigenvalue weighted by atomic mass is 10.2. The molecule has 1 aromatic heterocycles. The number of halogens is 3. The maximum atomic E-state index is 12.4. The van der Waals surface area contributed by atoms with Gasteiger partial charge in [0.25, 0.3) is 0 Å². The maximum Gasteiger partial charge on any atom is 0.433 e. The highest BCUT2D eigenvalue weighted by Crippen LogP contribution is 2.28. The molecule has 1 aromatic rings. The molecule has 0 aromatic carbocycles. The van der Waals surface area contributed by atoms with Crippen molar-refractivity contribution < 1.29 is 21.6 Å². The van der Waals surface area contributed by atoms with E-state index in [2.05, 4.69) is 4.98 Å². The molecule has 0 bridgehead atoms. The molecule has 9 heteroatoms. The first-order valence-corrected chi connectivity index (χ1v) is 7.76. The largest absolute Gasteiger partial charge is 0.433 e. The number of hydrogen-bond acceptors (Lipinski definition) is 4. The van der Waals surface area contributed by atoms with Crippen molar-refractivity contribution in [3.8, 4) is 0 Å². The van der Waals surface area contributed by atoms with E-state index < -0.39 is 21.9 Å². The number of sulfonamides is 1. The van der Waals surface area contributed by atoms with Crippen molar-refractivity contribution in [2.75, 3.05) is 37.3 Å². The van der Waals surface area contributed by atoms with Crippen LogP contribution in [0.3, 0.4) is 0 Å². The highest BCUT2D eigenvalue weighted by atomic mass is 32.2. The summed E-state index contributed by atoms with van der Waals surface area (Å²) >= 11 is 0. The fourth-order valence-electron chi connectivity index (χ4n) is 2.02. The van der Waals surface area contributed by atoms with Gasteiger partial charge in [0.05, 0.1) is 18.1 Å². The SMILES string of the molecule is CS(=O)(=O)N1CCN(c2ccc(C(F)(F)F)nc2)CC1. The molecule has 0 saturated carbocycles. The summed E-state index contributed by atoms with van der Waals surface area (Å²) in [5.74, 6) is 0. The van der Waals surface area contributed by atoms with Gasteiger partial charge in [-0.15, -0.1) is 0 Å². The molecule has 0 spiro atoms. The summed E-state index contributed by atoms with van der Waals surface area (Å²) in [6.45, 7) is 1.50. The third-order valence-electron chi connectivity index (χ3n) is 3.11. The fraction of sp³-hybridized carbons (Fsp3) is 0.545. The molecular formula is C11H14F3N3O2S. The highest BCUT2D eigenvalue weighted by Gasteiger charge is 2.32. The Morgan fingerprint density at radius 1 is 1.15 bits per heavy atom. The third-order valence-corrected chi connectivity index (χ3v) is 4.41. The average Bonchev–Trinajstić information content (AvgIpc) is 2.37. The smallest absolute Gasteiger partial charge is 0.368 e. The Morgan fingerprint density at radius 3 is 2.15 bits per heavy atom. The first-order valence-electron chi connectivity index (χ1n) is 5.91. The van der Waals surface area contributed by atoms with Crippen molar-refractivity contribution in [1.82, 2.24) is 9.29 Å². The Hall–Kier alpha value is -1.35. The average molecular weight is 309 g/mol. The van der Waals surface area contributed by atoms with Crippen LogP contribution in [-0.4, -0.2) is 50.1 Å². The van der Waals surface area contributed by atoms with Gasteiger partial charge in [-0.25, -0.2) is 13.4 Å². The summed E-state index contributed by atoms with van der Waals surface area (Å²) in [6, 6.07) is 2.28. The van der Waals surface area contributed by atoms with Gasteiger partial charge in [-0.3, -0.25) is 0 Å². The molecule has 1 aliphatic heterocycles. The predicted molar refractivity (Wildman–Crippen MR) is 67.9 cm³/mol. The Labute approximate surface area is 115 Å². The Balaban J connectivity index is 2.04. The van der Waals surface area contributed by atoms with Gasteiger partial charge in [0, 0.05) is 26.2 Å². The normalized spacial score (nSPS) is 18.3. The molecule has 2 rings (SSSR count). The van der Waals surface area contributed by atoms with Crippen molar-refractivity contribution in [2.45, 2.75) is 6.18 Å². The molecule has 0 radical (unpaired) electrons. The molecule has 1 aliphatic rings. The van der Waals surface area contributed by atoms with E-state index in [1.165, 1.54) is 16.6 Å². The number of piperazine rings is 1. The van der Waals surface area contributed by atoms with Crippen LogP contribution < -0.4 is 4.90 Å². The second kappa shape index (κ2) is 5.21.